The van der Waals surface area contributed by atoms with Crippen molar-refractivity contribution >= 4 is 82.4 Å². The molecule has 2 aromatic heterocycles. The van der Waals surface area contributed by atoms with Gasteiger partial charge in [-0.3, -0.25) is 0 Å². The molecule has 10 aromatic rings. The molecule has 0 bridgehead atoms. The lowest BCUT2D eigenvalue weighted by molar-refractivity contribution is 0.669. The molecule has 3 heteroatoms. The van der Waals surface area contributed by atoms with Crippen molar-refractivity contribution in [1.29, 1.82) is 0 Å². The fourth-order valence-corrected chi connectivity index (χ4v) is 9.80. The molecule has 0 spiro atoms. The number of para-hydroxylation sites is 2. The number of hydrogen-bond acceptors (Lipinski definition) is 2. The molecule has 57 heavy (non-hydrogen) atoms. The van der Waals surface area contributed by atoms with Gasteiger partial charge >= 0.3 is 0 Å². The number of anilines is 3. The summed E-state index contributed by atoms with van der Waals surface area (Å²) in [5.74, 6) is 0. The molecule has 0 aliphatic heterocycles. The molecular weight excluding hydrogens is 693 g/mol. The van der Waals surface area contributed by atoms with E-state index in [0.717, 1.165) is 51.1 Å². The predicted molar refractivity (Wildman–Crippen MR) is 241 cm³/mol. The van der Waals surface area contributed by atoms with Crippen LogP contribution in [0.3, 0.4) is 0 Å². The van der Waals surface area contributed by atoms with E-state index in [-0.39, 0.29) is 0 Å². The maximum atomic E-state index is 6.36. The molecule has 0 unspecified atom stereocenters. The van der Waals surface area contributed by atoms with Gasteiger partial charge in [-0.1, -0.05) is 116 Å². The molecule has 0 radical (unpaired) electrons. The zero-order chi connectivity index (χ0) is 37.6. The fraction of sp³-hybridized carbons (Fsp3) is 0.0741. The summed E-state index contributed by atoms with van der Waals surface area (Å²) in [6, 6.07) is 64.4. The van der Waals surface area contributed by atoms with Gasteiger partial charge in [-0.05, 0) is 129 Å². The van der Waals surface area contributed by atoms with E-state index in [0.29, 0.717) is 0 Å². The van der Waals surface area contributed by atoms with Crippen LogP contribution >= 0.6 is 0 Å². The molecule has 270 valence electrons. The van der Waals surface area contributed by atoms with Crippen LogP contribution < -0.4 is 4.90 Å². The van der Waals surface area contributed by atoms with Gasteiger partial charge < -0.3 is 13.9 Å². The van der Waals surface area contributed by atoms with Gasteiger partial charge in [-0.15, -0.1) is 0 Å². The Morgan fingerprint density at radius 1 is 0.474 bits per heavy atom. The Morgan fingerprint density at radius 2 is 1.16 bits per heavy atom. The second-order valence-electron chi connectivity index (χ2n) is 15.5. The third-order valence-corrected chi connectivity index (χ3v) is 12.3. The van der Waals surface area contributed by atoms with E-state index in [1.54, 1.807) is 0 Å². The summed E-state index contributed by atoms with van der Waals surface area (Å²) in [5, 5.41) is 10.2. The molecule has 3 nitrogen and oxygen atoms in total. The minimum Gasteiger partial charge on any atom is -0.456 e. The van der Waals surface area contributed by atoms with E-state index in [9.17, 15) is 0 Å². The quantitative estimate of drug-likeness (QED) is 0.155. The molecule has 12 rings (SSSR count). The number of nitrogens with zero attached hydrogens (tertiary/aromatic N) is 2. The zero-order valence-corrected chi connectivity index (χ0v) is 31.7. The number of furan rings is 1. The summed E-state index contributed by atoms with van der Waals surface area (Å²) >= 11 is 0. The maximum Gasteiger partial charge on any atom is 0.137 e. The number of rotatable bonds is 8. The van der Waals surface area contributed by atoms with Gasteiger partial charge in [0.2, 0.25) is 0 Å². The van der Waals surface area contributed by atoms with Crippen LogP contribution in [-0.4, -0.2) is 4.57 Å². The number of benzene rings is 8. The van der Waals surface area contributed by atoms with Gasteiger partial charge in [0.1, 0.15) is 11.2 Å². The highest BCUT2D eigenvalue weighted by atomic mass is 16.3. The van der Waals surface area contributed by atoms with Gasteiger partial charge in [0.15, 0.2) is 0 Å². The average molecular weight is 731 g/mol. The number of hydrogen-bond donors (Lipinski definition) is 0. The standard InChI is InChI=1S/C54H38N2O/c1-2-3-13-36-32-37-23-31-46-54-52(37)51(36)49(34-14-6-4-7-15-34)44-20-12-16-35-22-30-45(53(54)50(35)44)56(46)40-26-24-39(25-27-40)55(38-17-8-5-9-18-38)41-28-29-43-42-19-10-11-21-47(42)57-48(43)33-41/h4-12,14-33H,2-3,13H2,1H3. The molecule has 2 aliphatic carbocycles. The summed E-state index contributed by atoms with van der Waals surface area (Å²) < 4.78 is 8.85. The third kappa shape index (κ3) is 4.72. The van der Waals surface area contributed by atoms with Crippen molar-refractivity contribution in [3.05, 3.63) is 181 Å². The van der Waals surface area contributed by atoms with Crippen LogP contribution in [0.5, 0.6) is 0 Å². The van der Waals surface area contributed by atoms with Crippen LogP contribution in [0.2, 0.25) is 0 Å². The topological polar surface area (TPSA) is 21.3 Å². The molecule has 0 fully saturated rings. The predicted octanol–water partition coefficient (Wildman–Crippen LogP) is 15.4. The summed E-state index contributed by atoms with van der Waals surface area (Å²) in [5.41, 5.74) is 15.5. The summed E-state index contributed by atoms with van der Waals surface area (Å²) in [6.07, 6.45) is 3.40. The van der Waals surface area contributed by atoms with E-state index in [2.05, 4.69) is 180 Å². The van der Waals surface area contributed by atoms with Crippen LogP contribution in [-0.2, 0) is 6.42 Å². The van der Waals surface area contributed by atoms with E-state index < -0.39 is 0 Å². The van der Waals surface area contributed by atoms with Crippen molar-refractivity contribution in [2.24, 2.45) is 0 Å². The average Bonchev–Trinajstić information content (AvgIpc) is 3.90. The first-order valence-corrected chi connectivity index (χ1v) is 20.2. The lowest BCUT2D eigenvalue weighted by Crippen LogP contribution is -2.09. The molecule has 2 aliphatic rings. The minimum absolute atomic E-state index is 0.883. The monoisotopic (exact) mass is 730 g/mol. The van der Waals surface area contributed by atoms with Crippen molar-refractivity contribution in [3.8, 4) is 27.9 Å². The van der Waals surface area contributed by atoms with Gasteiger partial charge in [-0.2, -0.15) is 0 Å². The van der Waals surface area contributed by atoms with Crippen molar-refractivity contribution in [3.63, 3.8) is 0 Å². The van der Waals surface area contributed by atoms with Crippen molar-refractivity contribution in [2.45, 2.75) is 26.2 Å². The largest absolute Gasteiger partial charge is 0.456 e. The molecule has 0 saturated carbocycles. The van der Waals surface area contributed by atoms with Crippen LogP contribution in [0.25, 0.3) is 93.2 Å². The lowest BCUT2D eigenvalue weighted by atomic mass is 9.91. The second kappa shape index (κ2) is 12.5. The van der Waals surface area contributed by atoms with Gasteiger partial charge in [0.25, 0.3) is 0 Å². The smallest absolute Gasteiger partial charge is 0.137 e. The first kappa shape index (κ1) is 32.2. The molecular formula is C54H38N2O. The molecule has 0 amide bonds. The highest BCUT2D eigenvalue weighted by Crippen LogP contribution is 2.53. The lowest BCUT2D eigenvalue weighted by Gasteiger charge is -2.25. The fourth-order valence-electron chi connectivity index (χ4n) is 9.80. The minimum atomic E-state index is 0.883. The highest BCUT2D eigenvalue weighted by molar-refractivity contribution is 6.35. The Labute approximate surface area is 330 Å². The van der Waals surface area contributed by atoms with Gasteiger partial charge in [0.05, 0.1) is 11.0 Å². The number of fused-ring (bicyclic) bond motifs is 3. The van der Waals surface area contributed by atoms with Crippen LogP contribution in [0.1, 0.15) is 25.3 Å². The Hall–Kier alpha value is -7.10. The number of aryl methyl sites for hydroxylation is 1. The van der Waals surface area contributed by atoms with Gasteiger partial charge in [-0.25, -0.2) is 0 Å². The maximum absolute atomic E-state index is 6.36. The van der Waals surface area contributed by atoms with E-state index >= 15 is 0 Å². The third-order valence-electron chi connectivity index (χ3n) is 12.3. The van der Waals surface area contributed by atoms with Crippen LogP contribution in [0, 0.1) is 0 Å². The summed E-state index contributed by atoms with van der Waals surface area (Å²) in [4.78, 5) is 2.32. The summed E-state index contributed by atoms with van der Waals surface area (Å²) in [7, 11) is 0. The first-order chi connectivity index (χ1) is 28.2. The van der Waals surface area contributed by atoms with E-state index in [1.165, 1.54) is 84.0 Å². The van der Waals surface area contributed by atoms with Crippen LogP contribution in [0.4, 0.5) is 17.1 Å². The molecule has 0 N–H and O–H groups in total. The molecule has 8 aromatic carbocycles. The summed E-state index contributed by atoms with van der Waals surface area (Å²) in [6.45, 7) is 2.30. The highest BCUT2D eigenvalue weighted by Gasteiger charge is 2.29. The zero-order valence-electron chi connectivity index (χ0n) is 31.7. The number of aromatic nitrogens is 1. The Balaban J connectivity index is 1.08. The van der Waals surface area contributed by atoms with Crippen molar-refractivity contribution < 1.29 is 4.42 Å². The van der Waals surface area contributed by atoms with E-state index in [4.69, 9.17) is 4.42 Å². The SMILES string of the molecule is CCCCc1cc2ccc3c4c2-c1c(-c1ccccc1)c1cccc2ccc(c4c21)n3-c1ccc(N(c2ccccc2)c2ccc3c(c2)oc2ccccc23)cc1. The van der Waals surface area contributed by atoms with Crippen molar-refractivity contribution in [2.75, 3.05) is 4.90 Å². The Kier molecular flexibility index (Phi) is 7.03. The Morgan fingerprint density at radius 3 is 1.98 bits per heavy atom. The second-order valence-corrected chi connectivity index (χ2v) is 15.5. The molecule has 2 heterocycles. The van der Waals surface area contributed by atoms with Gasteiger partial charge in [0, 0.05) is 50.4 Å². The van der Waals surface area contributed by atoms with Crippen molar-refractivity contribution in [1.82, 2.24) is 4.57 Å². The Bertz CT molecular complexity index is 3370. The van der Waals surface area contributed by atoms with Crippen LogP contribution in [0.15, 0.2) is 180 Å². The first-order valence-electron chi connectivity index (χ1n) is 20.2. The molecule has 0 saturated heterocycles. The van der Waals surface area contributed by atoms with E-state index in [1.807, 2.05) is 12.1 Å². The normalized spacial score (nSPS) is 12.2. The molecule has 0 atom stereocenters. The number of unbranched alkanes of at least 4 members (excludes halogenated alkanes) is 1.